The van der Waals surface area contributed by atoms with E-state index in [1.807, 2.05) is 13.8 Å². The summed E-state index contributed by atoms with van der Waals surface area (Å²) in [6.07, 6.45) is 0.843. The van der Waals surface area contributed by atoms with Crippen LogP contribution in [0.5, 0.6) is 0 Å². The Bertz CT molecular complexity index is 128. The Hall–Kier alpha value is 0.420. The summed E-state index contributed by atoms with van der Waals surface area (Å²) in [5, 5.41) is 0. The third-order valence-corrected chi connectivity index (χ3v) is 2.52. The molecule has 2 unspecified atom stereocenters. The molecule has 2 atom stereocenters. The summed E-state index contributed by atoms with van der Waals surface area (Å²) in [4.78, 5) is 0. The third-order valence-electron chi connectivity index (χ3n) is 2.52. The van der Waals surface area contributed by atoms with Crippen LogP contribution in [0.25, 0.3) is 0 Å². The molecule has 0 aromatic rings. The zero-order chi connectivity index (χ0) is 9.12. The minimum absolute atomic E-state index is 0. The van der Waals surface area contributed by atoms with E-state index in [2.05, 4.69) is 11.5 Å². The van der Waals surface area contributed by atoms with Crippen molar-refractivity contribution in [1.29, 1.82) is 0 Å². The van der Waals surface area contributed by atoms with Crippen molar-refractivity contribution in [1.82, 2.24) is 0 Å². The lowest BCUT2D eigenvalue weighted by Crippen LogP contribution is -3.00. The molecule has 0 rings (SSSR count). The van der Waals surface area contributed by atoms with Gasteiger partial charge in [0.05, 0.1) is 18.6 Å². The molecular formula is C7H22Cl2N4. The van der Waals surface area contributed by atoms with Gasteiger partial charge >= 0.3 is 0 Å². The fraction of sp³-hybridized carbons (Fsp3) is 1.00. The standard InChI is InChI=1S/C7H20N4.2ClH/c1-6(10,3-4-8)7(2,11)5-9;;/h3-5,8-11H2,1-2H3;2*1H. The van der Waals surface area contributed by atoms with E-state index in [-0.39, 0.29) is 35.9 Å². The fourth-order valence-corrected chi connectivity index (χ4v) is 0.938. The maximum Gasteiger partial charge on any atom is 0.0938 e. The Morgan fingerprint density at radius 1 is 1.00 bits per heavy atom. The van der Waals surface area contributed by atoms with Gasteiger partial charge in [-0.05, 0) is 13.8 Å². The molecule has 13 heavy (non-hydrogen) atoms. The maximum atomic E-state index is 6.01. The molecule has 0 aliphatic carbocycles. The number of hydrogen-bond donors (Lipinski definition) is 4. The zero-order valence-corrected chi connectivity index (χ0v) is 9.96. The predicted molar refractivity (Wildman–Crippen MR) is 45.3 cm³/mol. The average Bonchev–Trinajstić information content (AvgIpc) is 1.87. The number of halogens is 2. The molecule has 6 heteroatoms. The molecule has 0 spiro atoms. The maximum absolute atomic E-state index is 6.01. The van der Waals surface area contributed by atoms with Crippen LogP contribution < -0.4 is 47.7 Å². The Balaban J connectivity index is -0.000000500. The number of rotatable bonds is 4. The zero-order valence-electron chi connectivity index (χ0n) is 8.45. The molecule has 0 saturated carbocycles. The summed E-state index contributed by atoms with van der Waals surface area (Å²) in [6, 6.07) is 0. The fourth-order valence-electron chi connectivity index (χ4n) is 0.938. The van der Waals surface area contributed by atoms with Crippen molar-refractivity contribution in [2.24, 2.45) is 11.5 Å². The molecule has 0 aromatic carbocycles. The predicted octanol–water partition coefficient (Wildman–Crippen LogP) is -8.70. The Morgan fingerprint density at radius 3 is 1.62 bits per heavy atom. The molecule has 0 radical (unpaired) electrons. The monoisotopic (exact) mass is 232 g/mol. The second-order valence-corrected chi connectivity index (χ2v) is 3.69. The number of hydrogen-bond acceptors (Lipinski definition) is 2. The van der Waals surface area contributed by atoms with Gasteiger partial charge in [-0.2, -0.15) is 0 Å². The van der Waals surface area contributed by atoms with E-state index >= 15 is 0 Å². The highest BCUT2D eigenvalue weighted by molar-refractivity contribution is 5.00. The summed E-state index contributed by atoms with van der Waals surface area (Å²) in [6.45, 7) is 5.37. The first-order valence-corrected chi connectivity index (χ1v) is 4.03. The van der Waals surface area contributed by atoms with Crippen molar-refractivity contribution in [2.75, 3.05) is 13.1 Å². The molecule has 0 amide bonds. The van der Waals surface area contributed by atoms with Crippen molar-refractivity contribution < 1.29 is 36.3 Å². The molecule has 0 heterocycles. The van der Waals surface area contributed by atoms with Gasteiger partial charge in [-0.1, -0.05) is 0 Å². The topological polar surface area (TPSA) is 107 Å². The van der Waals surface area contributed by atoms with Crippen molar-refractivity contribution in [3.8, 4) is 0 Å². The molecule has 10 N–H and O–H groups in total. The average molecular weight is 233 g/mol. The molecular weight excluding hydrogens is 211 g/mol. The van der Waals surface area contributed by atoms with Crippen LogP contribution in [-0.4, -0.2) is 24.2 Å². The van der Waals surface area contributed by atoms with Crippen LogP contribution >= 0.6 is 0 Å². The van der Waals surface area contributed by atoms with Crippen LogP contribution in [0.2, 0.25) is 0 Å². The highest BCUT2D eigenvalue weighted by Gasteiger charge is 2.38. The molecule has 84 valence electrons. The van der Waals surface area contributed by atoms with Crippen LogP contribution in [-0.2, 0) is 0 Å². The number of nitrogens with two attached hydrogens (primary N) is 2. The SMILES string of the molecule is CC(N)(C[NH3+])C(C)(N)CC[NH3+].[Cl-].[Cl-]. The second kappa shape index (κ2) is 6.81. The lowest BCUT2D eigenvalue weighted by molar-refractivity contribution is -0.389. The normalized spacial score (nSPS) is 18.9. The van der Waals surface area contributed by atoms with E-state index in [0.717, 1.165) is 13.0 Å². The van der Waals surface area contributed by atoms with Gasteiger partial charge in [-0.15, -0.1) is 0 Å². The minimum atomic E-state index is -0.384. The summed E-state index contributed by atoms with van der Waals surface area (Å²) >= 11 is 0. The van der Waals surface area contributed by atoms with E-state index in [0.29, 0.717) is 6.54 Å². The van der Waals surface area contributed by atoms with Crippen LogP contribution in [0.3, 0.4) is 0 Å². The molecule has 0 saturated heterocycles. The summed E-state index contributed by atoms with van der Waals surface area (Å²) in [5.41, 5.74) is 18.8. The van der Waals surface area contributed by atoms with Crippen LogP contribution in [0.15, 0.2) is 0 Å². The van der Waals surface area contributed by atoms with Crippen molar-refractivity contribution in [3.05, 3.63) is 0 Å². The van der Waals surface area contributed by atoms with Crippen molar-refractivity contribution in [2.45, 2.75) is 31.3 Å². The van der Waals surface area contributed by atoms with Gasteiger partial charge in [0.25, 0.3) is 0 Å². The minimum Gasteiger partial charge on any atom is -1.00 e. The van der Waals surface area contributed by atoms with Crippen LogP contribution in [0.1, 0.15) is 20.3 Å². The largest absolute Gasteiger partial charge is 1.00 e. The first-order valence-electron chi connectivity index (χ1n) is 4.03. The Morgan fingerprint density at radius 2 is 1.38 bits per heavy atom. The molecule has 0 fully saturated rings. The first-order chi connectivity index (χ1) is 4.87. The molecule has 0 aliphatic rings. The summed E-state index contributed by atoms with van der Waals surface area (Å²) in [7, 11) is 0. The van der Waals surface area contributed by atoms with Gasteiger partial charge in [0.2, 0.25) is 0 Å². The van der Waals surface area contributed by atoms with E-state index in [4.69, 9.17) is 11.5 Å². The van der Waals surface area contributed by atoms with E-state index < -0.39 is 0 Å². The smallest absolute Gasteiger partial charge is 0.0938 e. The van der Waals surface area contributed by atoms with E-state index in [9.17, 15) is 0 Å². The molecule has 0 aliphatic heterocycles. The third kappa shape index (κ3) is 5.00. The van der Waals surface area contributed by atoms with Gasteiger partial charge < -0.3 is 47.7 Å². The van der Waals surface area contributed by atoms with Gasteiger partial charge in [-0.3, -0.25) is 0 Å². The van der Waals surface area contributed by atoms with Gasteiger partial charge in [0, 0.05) is 12.0 Å². The van der Waals surface area contributed by atoms with Gasteiger partial charge in [0.15, 0.2) is 0 Å². The summed E-state index contributed by atoms with van der Waals surface area (Å²) in [5.74, 6) is 0. The first kappa shape index (κ1) is 19.1. The quantitative estimate of drug-likeness (QED) is 0.387. The number of quaternary nitrogens is 2. The molecule has 0 bridgehead atoms. The van der Waals surface area contributed by atoms with Crippen molar-refractivity contribution >= 4 is 0 Å². The van der Waals surface area contributed by atoms with Gasteiger partial charge in [-0.25, -0.2) is 0 Å². The van der Waals surface area contributed by atoms with Gasteiger partial charge in [0.1, 0.15) is 0 Å². The van der Waals surface area contributed by atoms with Crippen LogP contribution in [0, 0.1) is 0 Å². The lowest BCUT2D eigenvalue weighted by Gasteiger charge is -2.37. The second-order valence-electron chi connectivity index (χ2n) is 3.69. The van der Waals surface area contributed by atoms with Crippen molar-refractivity contribution in [3.63, 3.8) is 0 Å². The van der Waals surface area contributed by atoms with Crippen LogP contribution in [0.4, 0.5) is 0 Å². The Labute approximate surface area is 92.6 Å². The lowest BCUT2D eigenvalue weighted by atomic mass is 9.78. The molecule has 4 nitrogen and oxygen atoms in total. The highest BCUT2D eigenvalue weighted by atomic mass is 35.5. The highest BCUT2D eigenvalue weighted by Crippen LogP contribution is 2.17. The summed E-state index contributed by atoms with van der Waals surface area (Å²) < 4.78 is 0. The Kier molecular flexibility index (Phi) is 9.99. The van der Waals surface area contributed by atoms with E-state index in [1.54, 1.807) is 0 Å². The van der Waals surface area contributed by atoms with E-state index in [1.165, 1.54) is 0 Å². The molecule has 0 aromatic heterocycles.